The van der Waals surface area contributed by atoms with Crippen LogP contribution in [0.4, 0.5) is 0 Å². The molecule has 1 N–H and O–H groups in total. The third kappa shape index (κ3) is 3.69. The van der Waals surface area contributed by atoms with Gasteiger partial charge in [-0.25, -0.2) is 0 Å². The first kappa shape index (κ1) is 13.8. The summed E-state index contributed by atoms with van der Waals surface area (Å²) < 4.78 is 0. The molecule has 1 aliphatic carbocycles. The molecule has 4 nitrogen and oxygen atoms in total. The highest BCUT2D eigenvalue weighted by Crippen LogP contribution is 2.29. The Labute approximate surface area is 110 Å². The third-order valence-corrected chi connectivity index (χ3v) is 4.34. The number of rotatable bonds is 2. The fourth-order valence-electron chi connectivity index (χ4n) is 3.23. The number of nitrogens with zero attached hydrogens (tertiary/aromatic N) is 2. The molecule has 4 heteroatoms. The zero-order valence-electron chi connectivity index (χ0n) is 11.5. The molecule has 1 saturated carbocycles. The van der Waals surface area contributed by atoms with E-state index in [1.807, 2.05) is 4.90 Å². The van der Waals surface area contributed by atoms with E-state index in [0.29, 0.717) is 0 Å². The average Bonchev–Trinajstić information content (AvgIpc) is 2.55. The predicted octanol–water partition coefficient (Wildman–Crippen LogP) is 1.24. The van der Waals surface area contributed by atoms with Crippen molar-refractivity contribution in [2.45, 2.75) is 51.0 Å². The van der Waals surface area contributed by atoms with Crippen LogP contribution in [0.3, 0.4) is 0 Å². The van der Waals surface area contributed by atoms with Crippen LogP contribution in [0, 0.1) is 0 Å². The van der Waals surface area contributed by atoms with Gasteiger partial charge in [-0.3, -0.25) is 9.69 Å². The highest BCUT2D eigenvalue weighted by atomic mass is 16.3. The van der Waals surface area contributed by atoms with Crippen LogP contribution in [0.2, 0.25) is 0 Å². The van der Waals surface area contributed by atoms with Crippen LogP contribution in [0.1, 0.15) is 45.4 Å². The maximum Gasteiger partial charge on any atom is 0.219 e. The van der Waals surface area contributed by atoms with E-state index in [9.17, 15) is 9.90 Å². The highest BCUT2D eigenvalue weighted by molar-refractivity contribution is 5.73. The number of aliphatic hydroxyl groups is 1. The Bertz CT molecular complexity index is 288. The molecule has 2 fully saturated rings. The average molecular weight is 254 g/mol. The van der Waals surface area contributed by atoms with E-state index in [-0.39, 0.29) is 5.91 Å². The van der Waals surface area contributed by atoms with Crippen LogP contribution in [0.5, 0.6) is 0 Å². The molecule has 104 valence electrons. The summed E-state index contributed by atoms with van der Waals surface area (Å²) in [5.41, 5.74) is -0.469. The van der Waals surface area contributed by atoms with E-state index in [2.05, 4.69) is 4.90 Å². The first-order valence-corrected chi connectivity index (χ1v) is 7.29. The Balaban J connectivity index is 1.84. The molecular formula is C14H26N2O2. The minimum atomic E-state index is -0.469. The van der Waals surface area contributed by atoms with E-state index < -0.39 is 5.60 Å². The summed E-state index contributed by atoms with van der Waals surface area (Å²) >= 11 is 0. The molecule has 0 bridgehead atoms. The molecule has 0 aromatic heterocycles. The molecule has 0 radical (unpaired) electrons. The van der Waals surface area contributed by atoms with E-state index in [0.717, 1.165) is 64.8 Å². The van der Waals surface area contributed by atoms with Crippen molar-refractivity contribution in [2.75, 3.05) is 32.7 Å². The summed E-state index contributed by atoms with van der Waals surface area (Å²) in [5, 5.41) is 10.6. The van der Waals surface area contributed by atoms with Crippen LogP contribution >= 0.6 is 0 Å². The third-order valence-electron chi connectivity index (χ3n) is 4.34. The molecule has 0 spiro atoms. The van der Waals surface area contributed by atoms with Crippen molar-refractivity contribution in [3.63, 3.8) is 0 Å². The molecule has 0 aromatic carbocycles. The molecule has 18 heavy (non-hydrogen) atoms. The molecule has 2 rings (SSSR count). The predicted molar refractivity (Wildman–Crippen MR) is 71.3 cm³/mol. The number of amides is 1. The van der Waals surface area contributed by atoms with E-state index in [1.165, 1.54) is 6.42 Å². The number of carbonyl (C=O) groups excluding carboxylic acids is 1. The van der Waals surface area contributed by atoms with Gasteiger partial charge < -0.3 is 10.0 Å². The molecule has 0 unspecified atom stereocenters. The fraction of sp³-hybridized carbons (Fsp3) is 0.929. The monoisotopic (exact) mass is 254 g/mol. The van der Waals surface area contributed by atoms with Crippen molar-refractivity contribution in [1.82, 2.24) is 9.80 Å². The van der Waals surface area contributed by atoms with Crippen LogP contribution in [-0.4, -0.2) is 59.1 Å². The smallest absolute Gasteiger partial charge is 0.219 e. The molecule has 0 atom stereocenters. The summed E-state index contributed by atoms with van der Waals surface area (Å²) in [5.74, 6) is 0.174. The molecule has 1 saturated heterocycles. The number of carbonyl (C=O) groups is 1. The van der Waals surface area contributed by atoms with E-state index in [4.69, 9.17) is 0 Å². The van der Waals surface area contributed by atoms with Crippen molar-refractivity contribution < 1.29 is 9.90 Å². The van der Waals surface area contributed by atoms with Crippen molar-refractivity contribution in [1.29, 1.82) is 0 Å². The zero-order chi connectivity index (χ0) is 13.0. The minimum absolute atomic E-state index is 0.174. The Morgan fingerprint density at radius 1 is 1.06 bits per heavy atom. The molecular weight excluding hydrogens is 228 g/mol. The highest BCUT2D eigenvalue weighted by Gasteiger charge is 2.31. The lowest BCUT2D eigenvalue weighted by molar-refractivity contribution is -0.128. The van der Waals surface area contributed by atoms with E-state index >= 15 is 0 Å². The Morgan fingerprint density at radius 2 is 1.78 bits per heavy atom. The number of hydrogen-bond donors (Lipinski definition) is 1. The maximum absolute atomic E-state index is 11.4. The van der Waals surface area contributed by atoms with Crippen molar-refractivity contribution >= 4 is 5.91 Å². The van der Waals surface area contributed by atoms with Crippen molar-refractivity contribution in [3.8, 4) is 0 Å². The largest absolute Gasteiger partial charge is 0.389 e. The van der Waals surface area contributed by atoms with Crippen LogP contribution in [0.25, 0.3) is 0 Å². The first-order valence-electron chi connectivity index (χ1n) is 7.29. The molecule has 1 amide bonds. The van der Waals surface area contributed by atoms with Gasteiger partial charge in [-0.15, -0.1) is 0 Å². The second kappa shape index (κ2) is 6.02. The van der Waals surface area contributed by atoms with Gasteiger partial charge in [0, 0.05) is 39.6 Å². The second-order valence-electron chi connectivity index (χ2n) is 5.92. The van der Waals surface area contributed by atoms with Gasteiger partial charge in [0.1, 0.15) is 0 Å². The van der Waals surface area contributed by atoms with Crippen LogP contribution in [-0.2, 0) is 4.79 Å². The molecule has 2 aliphatic rings. The summed E-state index contributed by atoms with van der Waals surface area (Å²) in [6, 6.07) is 0. The summed E-state index contributed by atoms with van der Waals surface area (Å²) in [4.78, 5) is 15.6. The minimum Gasteiger partial charge on any atom is -0.389 e. The van der Waals surface area contributed by atoms with Crippen LogP contribution in [0.15, 0.2) is 0 Å². The SMILES string of the molecule is CC(=O)N1CCCN(CC2(O)CCCCC2)CC1. The Hall–Kier alpha value is -0.610. The van der Waals surface area contributed by atoms with Gasteiger partial charge in [0.05, 0.1) is 5.60 Å². The van der Waals surface area contributed by atoms with Gasteiger partial charge in [0.2, 0.25) is 5.91 Å². The second-order valence-corrected chi connectivity index (χ2v) is 5.92. The quantitative estimate of drug-likeness (QED) is 0.806. The van der Waals surface area contributed by atoms with Crippen molar-refractivity contribution in [2.24, 2.45) is 0 Å². The van der Waals surface area contributed by atoms with Crippen molar-refractivity contribution in [3.05, 3.63) is 0 Å². The summed E-state index contributed by atoms with van der Waals surface area (Å²) in [6.45, 7) is 6.02. The lowest BCUT2D eigenvalue weighted by Gasteiger charge is -2.36. The zero-order valence-corrected chi connectivity index (χ0v) is 11.5. The Morgan fingerprint density at radius 3 is 2.44 bits per heavy atom. The number of β-amino-alcohol motifs (C(OH)–C–C–N with tert-alkyl or cyclic N) is 1. The molecule has 1 aliphatic heterocycles. The normalized spacial score (nSPS) is 25.8. The molecule has 0 aromatic rings. The standard InChI is InChI=1S/C14H26N2O2/c1-13(17)16-9-5-8-15(10-11-16)12-14(18)6-3-2-4-7-14/h18H,2-12H2,1H3. The molecule has 1 heterocycles. The fourth-order valence-corrected chi connectivity index (χ4v) is 3.23. The van der Waals surface area contributed by atoms with Gasteiger partial charge in [-0.05, 0) is 19.3 Å². The first-order chi connectivity index (χ1) is 8.59. The van der Waals surface area contributed by atoms with Gasteiger partial charge in [0.15, 0.2) is 0 Å². The van der Waals surface area contributed by atoms with Gasteiger partial charge >= 0.3 is 0 Å². The summed E-state index contributed by atoms with van der Waals surface area (Å²) in [7, 11) is 0. The number of hydrogen-bond acceptors (Lipinski definition) is 3. The van der Waals surface area contributed by atoms with Gasteiger partial charge in [0.25, 0.3) is 0 Å². The Kier molecular flexibility index (Phi) is 4.62. The lowest BCUT2D eigenvalue weighted by Crippen LogP contribution is -2.45. The maximum atomic E-state index is 11.4. The van der Waals surface area contributed by atoms with Crippen LogP contribution < -0.4 is 0 Å². The van der Waals surface area contributed by atoms with Gasteiger partial charge in [-0.1, -0.05) is 19.3 Å². The summed E-state index contributed by atoms with van der Waals surface area (Å²) in [6.07, 6.45) is 6.49. The van der Waals surface area contributed by atoms with Gasteiger partial charge in [-0.2, -0.15) is 0 Å². The lowest BCUT2D eigenvalue weighted by atomic mass is 9.84. The topological polar surface area (TPSA) is 43.8 Å². The van der Waals surface area contributed by atoms with E-state index in [1.54, 1.807) is 6.92 Å².